The van der Waals surface area contributed by atoms with Gasteiger partial charge in [-0.1, -0.05) is 50.6 Å². The van der Waals surface area contributed by atoms with E-state index in [-0.39, 0.29) is 5.41 Å². The number of aliphatic imine (C=N–C) groups is 1. The van der Waals surface area contributed by atoms with Crippen molar-refractivity contribution in [2.24, 2.45) is 4.99 Å². The Bertz CT molecular complexity index is 932. The highest BCUT2D eigenvalue weighted by atomic mass is 16.4. The molecule has 2 N–H and O–H groups in total. The van der Waals surface area contributed by atoms with Crippen LogP contribution in [-0.2, 0) is 18.5 Å². The number of guanidine groups is 1. The smallest absolute Gasteiger partial charge is 0.214 e. The average Bonchev–Trinajstić information content (AvgIpc) is 3.32. The minimum absolute atomic E-state index is 0.0642. The van der Waals surface area contributed by atoms with Gasteiger partial charge in [-0.2, -0.15) is 0 Å². The second-order valence-corrected chi connectivity index (χ2v) is 7.63. The standard InChI is InChI=1S/C21H27N5O2/c1-14-6-8-15(9-7-14)16-10-23-18(27-16)12-25-20(22-5)26-13-19-24-11-17(28-19)21(2,3)4/h6-11H,12-13H2,1-5H3,(H2,22,25,26). The van der Waals surface area contributed by atoms with Crippen LogP contribution in [0.15, 0.2) is 50.5 Å². The van der Waals surface area contributed by atoms with Crippen molar-refractivity contribution in [3.8, 4) is 11.3 Å². The summed E-state index contributed by atoms with van der Waals surface area (Å²) in [4.78, 5) is 12.8. The van der Waals surface area contributed by atoms with Gasteiger partial charge in [-0.15, -0.1) is 0 Å². The first-order chi connectivity index (χ1) is 13.3. The van der Waals surface area contributed by atoms with Gasteiger partial charge in [-0.3, -0.25) is 4.99 Å². The number of oxazole rings is 2. The van der Waals surface area contributed by atoms with Crippen LogP contribution in [0.2, 0.25) is 0 Å². The Morgan fingerprint density at radius 3 is 2.14 bits per heavy atom. The quantitative estimate of drug-likeness (QED) is 0.516. The van der Waals surface area contributed by atoms with Crippen LogP contribution in [0.25, 0.3) is 11.3 Å². The summed E-state index contributed by atoms with van der Waals surface area (Å²) in [6.45, 7) is 9.19. The average molecular weight is 381 g/mol. The third-order valence-electron chi connectivity index (χ3n) is 4.22. The van der Waals surface area contributed by atoms with Gasteiger partial charge >= 0.3 is 0 Å². The Kier molecular flexibility index (Phi) is 5.82. The van der Waals surface area contributed by atoms with Gasteiger partial charge < -0.3 is 19.5 Å². The number of rotatable bonds is 5. The van der Waals surface area contributed by atoms with Gasteiger partial charge in [0.25, 0.3) is 0 Å². The van der Waals surface area contributed by atoms with Crippen molar-refractivity contribution in [1.29, 1.82) is 0 Å². The van der Waals surface area contributed by atoms with E-state index in [1.54, 1.807) is 19.4 Å². The minimum atomic E-state index is -0.0642. The van der Waals surface area contributed by atoms with Crippen molar-refractivity contribution in [1.82, 2.24) is 20.6 Å². The molecule has 0 radical (unpaired) electrons. The molecule has 0 aliphatic carbocycles. The SMILES string of the molecule is CN=C(NCc1ncc(-c2ccc(C)cc2)o1)NCc1ncc(C(C)(C)C)o1. The van der Waals surface area contributed by atoms with Gasteiger partial charge in [0.2, 0.25) is 11.8 Å². The molecule has 28 heavy (non-hydrogen) atoms. The van der Waals surface area contributed by atoms with Crippen molar-refractivity contribution in [3.05, 3.63) is 59.8 Å². The van der Waals surface area contributed by atoms with Crippen LogP contribution in [0.4, 0.5) is 0 Å². The predicted molar refractivity (Wildman–Crippen MR) is 109 cm³/mol. The fourth-order valence-electron chi connectivity index (χ4n) is 2.52. The van der Waals surface area contributed by atoms with E-state index >= 15 is 0 Å². The maximum atomic E-state index is 5.82. The first kappa shape index (κ1) is 19.7. The molecule has 148 valence electrons. The number of hydrogen-bond donors (Lipinski definition) is 2. The summed E-state index contributed by atoms with van der Waals surface area (Å²) < 4.78 is 11.6. The molecule has 0 saturated heterocycles. The van der Waals surface area contributed by atoms with Crippen molar-refractivity contribution in [2.45, 2.75) is 46.2 Å². The maximum Gasteiger partial charge on any atom is 0.214 e. The highest BCUT2D eigenvalue weighted by Crippen LogP contribution is 2.22. The Balaban J connectivity index is 1.53. The van der Waals surface area contributed by atoms with Crippen LogP contribution >= 0.6 is 0 Å². The molecular formula is C21H27N5O2. The van der Waals surface area contributed by atoms with Crippen LogP contribution in [0, 0.1) is 6.92 Å². The molecule has 0 bridgehead atoms. The summed E-state index contributed by atoms with van der Waals surface area (Å²) in [6, 6.07) is 8.15. The molecule has 2 aromatic heterocycles. The topological polar surface area (TPSA) is 88.5 Å². The van der Waals surface area contributed by atoms with Gasteiger partial charge in [-0.05, 0) is 6.92 Å². The Labute approximate surface area is 165 Å². The number of hydrogen-bond acceptors (Lipinski definition) is 5. The van der Waals surface area contributed by atoms with Gasteiger partial charge in [0.15, 0.2) is 11.7 Å². The van der Waals surface area contributed by atoms with Gasteiger partial charge in [0.1, 0.15) is 5.76 Å². The third-order valence-corrected chi connectivity index (χ3v) is 4.22. The van der Waals surface area contributed by atoms with Gasteiger partial charge in [0, 0.05) is 18.0 Å². The molecule has 0 amide bonds. The zero-order chi connectivity index (χ0) is 20.1. The molecule has 1 aromatic carbocycles. The summed E-state index contributed by atoms with van der Waals surface area (Å²) >= 11 is 0. The molecule has 0 atom stereocenters. The molecule has 2 heterocycles. The largest absolute Gasteiger partial charge is 0.443 e. The highest BCUT2D eigenvalue weighted by molar-refractivity contribution is 5.79. The molecule has 0 aliphatic rings. The lowest BCUT2D eigenvalue weighted by Crippen LogP contribution is -2.36. The molecule has 0 unspecified atom stereocenters. The summed E-state index contributed by atoms with van der Waals surface area (Å²) in [7, 11) is 1.71. The van der Waals surface area contributed by atoms with E-state index in [0.29, 0.717) is 30.8 Å². The molecule has 3 aromatic rings. The fourth-order valence-corrected chi connectivity index (χ4v) is 2.52. The number of benzene rings is 1. The van der Waals surface area contributed by atoms with E-state index in [4.69, 9.17) is 8.83 Å². The van der Waals surface area contributed by atoms with E-state index in [9.17, 15) is 0 Å². The monoisotopic (exact) mass is 381 g/mol. The summed E-state index contributed by atoms with van der Waals surface area (Å²) in [6.07, 6.45) is 3.51. The molecule has 0 aliphatic heterocycles. The van der Waals surface area contributed by atoms with Crippen LogP contribution in [-0.4, -0.2) is 23.0 Å². The fraction of sp³-hybridized carbons (Fsp3) is 0.381. The molecule has 0 saturated carbocycles. The summed E-state index contributed by atoms with van der Waals surface area (Å²) in [5.41, 5.74) is 2.15. The van der Waals surface area contributed by atoms with Crippen molar-refractivity contribution in [3.63, 3.8) is 0 Å². The van der Waals surface area contributed by atoms with Crippen LogP contribution in [0.1, 0.15) is 43.9 Å². The zero-order valence-corrected chi connectivity index (χ0v) is 17.0. The second kappa shape index (κ2) is 8.29. The van der Waals surface area contributed by atoms with Gasteiger partial charge in [0.05, 0.1) is 25.5 Å². The Hall–Kier alpha value is -3.09. The summed E-state index contributed by atoms with van der Waals surface area (Å²) in [5.74, 6) is 3.42. The first-order valence-corrected chi connectivity index (χ1v) is 9.26. The van der Waals surface area contributed by atoms with E-state index < -0.39 is 0 Å². The van der Waals surface area contributed by atoms with E-state index in [1.165, 1.54) is 5.56 Å². The number of nitrogens with one attached hydrogen (secondary N) is 2. The lowest BCUT2D eigenvalue weighted by molar-refractivity contribution is 0.379. The van der Waals surface area contributed by atoms with Crippen LogP contribution in [0.3, 0.4) is 0 Å². The molecule has 0 spiro atoms. The summed E-state index contributed by atoms with van der Waals surface area (Å²) in [5, 5.41) is 6.36. The lowest BCUT2D eigenvalue weighted by Gasteiger charge is -2.13. The molecule has 7 heteroatoms. The second-order valence-electron chi connectivity index (χ2n) is 7.63. The van der Waals surface area contributed by atoms with E-state index in [1.807, 2.05) is 12.1 Å². The molecule has 3 rings (SSSR count). The molecule has 0 fully saturated rings. The number of aromatic nitrogens is 2. The Morgan fingerprint density at radius 1 is 0.964 bits per heavy atom. The number of nitrogens with zero attached hydrogens (tertiary/aromatic N) is 3. The number of aryl methyl sites for hydroxylation is 1. The van der Waals surface area contributed by atoms with Crippen molar-refractivity contribution < 1.29 is 8.83 Å². The van der Waals surface area contributed by atoms with E-state index in [0.717, 1.165) is 17.1 Å². The third kappa shape index (κ3) is 5.00. The van der Waals surface area contributed by atoms with Crippen molar-refractivity contribution >= 4 is 5.96 Å². The zero-order valence-electron chi connectivity index (χ0n) is 17.0. The maximum absolute atomic E-state index is 5.82. The van der Waals surface area contributed by atoms with Crippen molar-refractivity contribution in [2.75, 3.05) is 7.05 Å². The van der Waals surface area contributed by atoms with Gasteiger partial charge in [-0.25, -0.2) is 9.97 Å². The van der Waals surface area contributed by atoms with E-state index in [2.05, 4.69) is 65.4 Å². The molecular weight excluding hydrogens is 354 g/mol. The normalized spacial score (nSPS) is 12.2. The van der Waals surface area contributed by atoms with Crippen LogP contribution in [0.5, 0.6) is 0 Å². The predicted octanol–water partition coefficient (Wildman–Crippen LogP) is 3.80. The highest BCUT2D eigenvalue weighted by Gasteiger charge is 2.19. The minimum Gasteiger partial charge on any atom is -0.443 e. The van der Waals surface area contributed by atoms with Crippen LogP contribution < -0.4 is 10.6 Å². The molecule has 7 nitrogen and oxygen atoms in total. The Morgan fingerprint density at radius 2 is 1.57 bits per heavy atom. The first-order valence-electron chi connectivity index (χ1n) is 9.26. The lowest BCUT2D eigenvalue weighted by atomic mass is 9.94.